The minimum atomic E-state index is -0.139. The Morgan fingerprint density at radius 3 is 2.68 bits per heavy atom. The van der Waals surface area contributed by atoms with Crippen LogP contribution in [0.5, 0.6) is 0 Å². The summed E-state index contributed by atoms with van der Waals surface area (Å²) in [7, 11) is 0. The predicted molar refractivity (Wildman–Crippen MR) is 77.4 cm³/mol. The summed E-state index contributed by atoms with van der Waals surface area (Å²) >= 11 is 0. The Labute approximate surface area is 115 Å². The van der Waals surface area contributed by atoms with Crippen LogP contribution in [0.1, 0.15) is 44.1 Å². The standard InChI is InChI=1S/C16H25FN2/c17-15-7-4-6-14(12-15)13-19(11-5-10-18)16-8-2-1-3-9-16/h4,6-7,12,16H,1-3,5,8-11,13,18H2. The average molecular weight is 264 g/mol. The number of benzene rings is 1. The molecule has 1 fully saturated rings. The minimum Gasteiger partial charge on any atom is -0.330 e. The van der Waals surface area contributed by atoms with E-state index in [1.165, 1.54) is 38.2 Å². The molecule has 0 heterocycles. The molecule has 1 aliphatic rings. The van der Waals surface area contributed by atoms with Gasteiger partial charge in [0.15, 0.2) is 0 Å². The van der Waals surface area contributed by atoms with Crippen LogP contribution >= 0.6 is 0 Å². The molecule has 1 saturated carbocycles. The van der Waals surface area contributed by atoms with Gasteiger partial charge in [-0.25, -0.2) is 4.39 Å². The molecule has 0 aromatic heterocycles. The van der Waals surface area contributed by atoms with Crippen LogP contribution in [0, 0.1) is 5.82 Å². The summed E-state index contributed by atoms with van der Waals surface area (Å²) in [6, 6.07) is 7.63. The van der Waals surface area contributed by atoms with E-state index in [1.807, 2.05) is 6.07 Å². The van der Waals surface area contributed by atoms with Crippen molar-refractivity contribution in [2.24, 2.45) is 5.73 Å². The van der Waals surface area contributed by atoms with Gasteiger partial charge < -0.3 is 5.73 Å². The summed E-state index contributed by atoms with van der Waals surface area (Å²) in [5, 5.41) is 0. The van der Waals surface area contributed by atoms with E-state index in [0.717, 1.165) is 31.6 Å². The zero-order valence-electron chi connectivity index (χ0n) is 11.7. The average Bonchev–Trinajstić information content (AvgIpc) is 2.44. The fourth-order valence-electron chi connectivity index (χ4n) is 3.00. The maximum atomic E-state index is 13.3. The monoisotopic (exact) mass is 264 g/mol. The lowest BCUT2D eigenvalue weighted by Crippen LogP contribution is -2.37. The van der Waals surface area contributed by atoms with Crippen LogP contribution in [0.15, 0.2) is 24.3 Å². The molecular formula is C16H25FN2. The van der Waals surface area contributed by atoms with E-state index >= 15 is 0 Å². The van der Waals surface area contributed by atoms with Gasteiger partial charge in [-0.15, -0.1) is 0 Å². The summed E-state index contributed by atoms with van der Waals surface area (Å²) < 4.78 is 13.3. The second-order valence-corrected chi connectivity index (χ2v) is 5.53. The van der Waals surface area contributed by atoms with Crippen LogP contribution in [-0.4, -0.2) is 24.0 Å². The maximum absolute atomic E-state index is 13.3. The summed E-state index contributed by atoms with van der Waals surface area (Å²) in [4.78, 5) is 2.50. The number of nitrogens with two attached hydrogens (primary N) is 1. The van der Waals surface area contributed by atoms with Gasteiger partial charge in [-0.2, -0.15) is 0 Å². The highest BCUT2D eigenvalue weighted by Gasteiger charge is 2.20. The van der Waals surface area contributed by atoms with Crippen molar-refractivity contribution >= 4 is 0 Å². The van der Waals surface area contributed by atoms with Gasteiger partial charge in [0, 0.05) is 12.6 Å². The molecule has 0 unspecified atom stereocenters. The topological polar surface area (TPSA) is 29.3 Å². The molecule has 2 rings (SSSR count). The first kappa shape index (κ1) is 14.5. The number of hydrogen-bond acceptors (Lipinski definition) is 2. The molecule has 1 aliphatic carbocycles. The summed E-state index contributed by atoms with van der Waals surface area (Å²) in [6.45, 7) is 2.60. The Hall–Kier alpha value is -0.930. The second kappa shape index (κ2) is 7.61. The molecule has 0 atom stereocenters. The van der Waals surface area contributed by atoms with Gasteiger partial charge in [-0.3, -0.25) is 4.90 Å². The van der Waals surface area contributed by atoms with Gasteiger partial charge in [0.05, 0.1) is 0 Å². The summed E-state index contributed by atoms with van der Waals surface area (Å²) in [5.74, 6) is -0.139. The minimum absolute atomic E-state index is 0.139. The Morgan fingerprint density at radius 2 is 2.00 bits per heavy atom. The van der Waals surface area contributed by atoms with E-state index in [1.54, 1.807) is 12.1 Å². The normalized spacial score (nSPS) is 17.0. The van der Waals surface area contributed by atoms with Crippen LogP contribution in [0.25, 0.3) is 0 Å². The fourth-order valence-corrected chi connectivity index (χ4v) is 3.00. The molecule has 19 heavy (non-hydrogen) atoms. The lowest BCUT2D eigenvalue weighted by atomic mass is 9.93. The molecule has 106 valence electrons. The molecule has 1 aromatic carbocycles. The van der Waals surface area contributed by atoms with Gasteiger partial charge >= 0.3 is 0 Å². The number of halogens is 1. The van der Waals surface area contributed by atoms with E-state index < -0.39 is 0 Å². The Balaban J connectivity index is 1.99. The zero-order valence-corrected chi connectivity index (χ0v) is 11.7. The highest BCUT2D eigenvalue weighted by Crippen LogP contribution is 2.24. The molecule has 0 spiro atoms. The maximum Gasteiger partial charge on any atom is 0.123 e. The van der Waals surface area contributed by atoms with Gasteiger partial charge in [0.25, 0.3) is 0 Å². The summed E-state index contributed by atoms with van der Waals surface area (Å²) in [6.07, 6.45) is 7.59. The number of rotatable bonds is 6. The Bertz CT molecular complexity index is 375. The Kier molecular flexibility index (Phi) is 5.80. The van der Waals surface area contributed by atoms with Crippen molar-refractivity contribution in [3.63, 3.8) is 0 Å². The van der Waals surface area contributed by atoms with Crippen LogP contribution in [0.3, 0.4) is 0 Å². The molecule has 0 radical (unpaired) electrons. The first-order valence-corrected chi connectivity index (χ1v) is 7.48. The van der Waals surface area contributed by atoms with Crippen molar-refractivity contribution in [3.8, 4) is 0 Å². The molecule has 0 bridgehead atoms. The van der Waals surface area contributed by atoms with E-state index in [2.05, 4.69) is 4.90 Å². The molecule has 2 nitrogen and oxygen atoms in total. The lowest BCUT2D eigenvalue weighted by molar-refractivity contribution is 0.147. The second-order valence-electron chi connectivity index (χ2n) is 5.53. The van der Waals surface area contributed by atoms with Gasteiger partial charge in [0.1, 0.15) is 5.82 Å². The van der Waals surface area contributed by atoms with Crippen molar-refractivity contribution in [1.29, 1.82) is 0 Å². The van der Waals surface area contributed by atoms with Crippen molar-refractivity contribution in [1.82, 2.24) is 4.90 Å². The predicted octanol–water partition coefficient (Wildman–Crippen LogP) is 3.31. The molecular weight excluding hydrogens is 239 g/mol. The van der Waals surface area contributed by atoms with Crippen molar-refractivity contribution < 1.29 is 4.39 Å². The van der Waals surface area contributed by atoms with Crippen LogP contribution in [0.4, 0.5) is 4.39 Å². The third-order valence-corrected chi connectivity index (χ3v) is 4.02. The van der Waals surface area contributed by atoms with Crippen LogP contribution < -0.4 is 5.73 Å². The molecule has 0 amide bonds. The van der Waals surface area contributed by atoms with Gasteiger partial charge in [0.2, 0.25) is 0 Å². The first-order chi connectivity index (χ1) is 9.29. The number of hydrogen-bond donors (Lipinski definition) is 1. The van der Waals surface area contributed by atoms with Gasteiger partial charge in [-0.1, -0.05) is 31.4 Å². The van der Waals surface area contributed by atoms with E-state index in [9.17, 15) is 4.39 Å². The zero-order chi connectivity index (χ0) is 13.5. The molecule has 1 aromatic rings. The van der Waals surface area contributed by atoms with Crippen molar-refractivity contribution in [2.45, 2.75) is 51.1 Å². The SMILES string of the molecule is NCCCN(Cc1cccc(F)c1)C1CCCCC1. The smallest absolute Gasteiger partial charge is 0.123 e. The Morgan fingerprint density at radius 1 is 1.21 bits per heavy atom. The third kappa shape index (κ3) is 4.59. The largest absolute Gasteiger partial charge is 0.330 e. The first-order valence-electron chi connectivity index (χ1n) is 7.48. The fraction of sp³-hybridized carbons (Fsp3) is 0.625. The molecule has 0 aliphatic heterocycles. The van der Waals surface area contributed by atoms with Crippen molar-refractivity contribution in [2.75, 3.05) is 13.1 Å². The lowest BCUT2D eigenvalue weighted by Gasteiger charge is -2.34. The highest BCUT2D eigenvalue weighted by molar-refractivity contribution is 5.16. The number of nitrogens with zero attached hydrogens (tertiary/aromatic N) is 1. The van der Waals surface area contributed by atoms with Gasteiger partial charge in [-0.05, 0) is 50.0 Å². The third-order valence-electron chi connectivity index (χ3n) is 4.02. The summed E-state index contributed by atoms with van der Waals surface area (Å²) in [5.41, 5.74) is 6.71. The van der Waals surface area contributed by atoms with E-state index in [0.29, 0.717) is 6.04 Å². The molecule has 2 N–H and O–H groups in total. The van der Waals surface area contributed by atoms with E-state index in [4.69, 9.17) is 5.73 Å². The molecule has 0 saturated heterocycles. The van der Waals surface area contributed by atoms with Crippen LogP contribution in [-0.2, 0) is 6.54 Å². The highest BCUT2D eigenvalue weighted by atomic mass is 19.1. The van der Waals surface area contributed by atoms with E-state index in [-0.39, 0.29) is 5.82 Å². The quantitative estimate of drug-likeness (QED) is 0.854. The molecule has 3 heteroatoms. The van der Waals surface area contributed by atoms with Crippen LogP contribution in [0.2, 0.25) is 0 Å². The van der Waals surface area contributed by atoms with Crippen molar-refractivity contribution in [3.05, 3.63) is 35.6 Å².